The number of hydrogen-bond donors (Lipinski definition) is 0. The molecule has 1 saturated carbocycles. The lowest BCUT2D eigenvalue weighted by molar-refractivity contribution is -0.136. The van der Waals surface area contributed by atoms with Gasteiger partial charge in [0.05, 0.1) is 0 Å². The second-order valence-corrected chi connectivity index (χ2v) is 9.08. The molecular formula is C23H29N5O2. The van der Waals surface area contributed by atoms with Gasteiger partial charge in [-0.1, -0.05) is 30.3 Å². The number of hydrogen-bond acceptors (Lipinski definition) is 6. The molecule has 1 spiro atoms. The molecule has 0 atom stereocenters. The number of rotatable bonds is 4. The summed E-state index contributed by atoms with van der Waals surface area (Å²) in [7, 11) is 0. The van der Waals surface area contributed by atoms with E-state index in [4.69, 9.17) is 4.74 Å². The van der Waals surface area contributed by atoms with E-state index < -0.39 is 0 Å². The topological polar surface area (TPSA) is 61.8 Å². The number of benzene rings is 1. The smallest absolute Gasteiger partial charge is 0.410 e. The molecule has 3 fully saturated rings. The van der Waals surface area contributed by atoms with Crippen LogP contribution in [0.15, 0.2) is 42.7 Å². The highest BCUT2D eigenvalue weighted by atomic mass is 16.6. The van der Waals surface area contributed by atoms with E-state index >= 15 is 0 Å². The molecule has 1 aromatic heterocycles. The maximum Gasteiger partial charge on any atom is 0.410 e. The van der Waals surface area contributed by atoms with Gasteiger partial charge >= 0.3 is 6.09 Å². The predicted molar refractivity (Wildman–Crippen MR) is 114 cm³/mol. The van der Waals surface area contributed by atoms with Crippen molar-refractivity contribution >= 4 is 12.0 Å². The molecule has 30 heavy (non-hydrogen) atoms. The zero-order valence-corrected chi connectivity index (χ0v) is 17.5. The first kappa shape index (κ1) is 19.3. The highest BCUT2D eigenvalue weighted by molar-refractivity contribution is 5.68. The molecule has 5 rings (SSSR count). The highest BCUT2D eigenvalue weighted by Crippen LogP contribution is 2.50. The summed E-state index contributed by atoms with van der Waals surface area (Å²) in [6.07, 6.45) is 5.57. The van der Waals surface area contributed by atoms with Crippen molar-refractivity contribution in [3.8, 4) is 0 Å². The minimum Gasteiger partial charge on any atom is -0.446 e. The van der Waals surface area contributed by atoms with Crippen molar-refractivity contribution in [2.24, 2.45) is 5.41 Å². The Morgan fingerprint density at radius 3 is 2.40 bits per heavy atom. The number of likely N-dealkylation sites (tertiary alicyclic amines) is 1. The van der Waals surface area contributed by atoms with Crippen LogP contribution in [-0.2, 0) is 11.3 Å². The van der Waals surface area contributed by atoms with Crippen LogP contribution in [0.25, 0.3) is 0 Å². The van der Waals surface area contributed by atoms with Gasteiger partial charge in [-0.15, -0.1) is 0 Å². The van der Waals surface area contributed by atoms with Gasteiger partial charge < -0.3 is 14.5 Å². The van der Waals surface area contributed by atoms with Crippen molar-refractivity contribution in [1.29, 1.82) is 0 Å². The van der Waals surface area contributed by atoms with Crippen LogP contribution in [-0.4, -0.2) is 71.2 Å². The van der Waals surface area contributed by atoms with E-state index in [0.29, 0.717) is 18.5 Å². The number of aromatic nitrogens is 2. The van der Waals surface area contributed by atoms with E-state index in [1.807, 2.05) is 24.2 Å². The molecule has 1 amide bonds. The largest absolute Gasteiger partial charge is 0.446 e. The van der Waals surface area contributed by atoms with Crippen molar-refractivity contribution in [3.05, 3.63) is 53.9 Å². The second-order valence-electron chi connectivity index (χ2n) is 9.08. The molecule has 1 aliphatic carbocycles. The molecule has 0 unspecified atom stereocenters. The summed E-state index contributed by atoms with van der Waals surface area (Å²) in [6.45, 7) is 8.01. The molecule has 7 nitrogen and oxygen atoms in total. The maximum atomic E-state index is 12.6. The predicted octanol–water partition coefficient (Wildman–Crippen LogP) is 2.71. The highest BCUT2D eigenvalue weighted by Gasteiger charge is 2.53. The Labute approximate surface area is 177 Å². The van der Waals surface area contributed by atoms with Gasteiger partial charge in [0.25, 0.3) is 0 Å². The van der Waals surface area contributed by atoms with Crippen molar-refractivity contribution in [3.63, 3.8) is 0 Å². The molecule has 158 valence electrons. The molecule has 1 aromatic carbocycles. The zero-order valence-electron chi connectivity index (χ0n) is 17.5. The Morgan fingerprint density at radius 2 is 1.73 bits per heavy atom. The molecule has 0 radical (unpaired) electrons. The van der Waals surface area contributed by atoms with Crippen LogP contribution in [0.3, 0.4) is 0 Å². The standard InChI is InChI=1S/C23H29N5O2/c1-18-13-24-21(25-14-18)27-7-9-28(10-8-27)22(29)30-20-11-23(12-20)16-26(17-23)15-19-5-3-2-4-6-19/h2-6,13-14,20H,7-12,15-17H2,1H3. The number of nitrogens with zero attached hydrogens (tertiary/aromatic N) is 5. The lowest BCUT2D eigenvalue weighted by Gasteiger charge is -2.58. The van der Waals surface area contributed by atoms with Gasteiger partial charge in [-0.2, -0.15) is 0 Å². The van der Waals surface area contributed by atoms with E-state index in [1.165, 1.54) is 5.56 Å². The maximum absolute atomic E-state index is 12.6. The fourth-order valence-electron chi connectivity index (χ4n) is 4.96. The van der Waals surface area contributed by atoms with Gasteiger partial charge in [0.2, 0.25) is 5.95 Å². The van der Waals surface area contributed by atoms with E-state index in [9.17, 15) is 4.79 Å². The van der Waals surface area contributed by atoms with Gasteiger partial charge in [-0.3, -0.25) is 4.90 Å². The van der Waals surface area contributed by atoms with Gasteiger partial charge in [0, 0.05) is 63.6 Å². The summed E-state index contributed by atoms with van der Waals surface area (Å²) in [5.41, 5.74) is 2.79. The Balaban J connectivity index is 1.03. The SMILES string of the molecule is Cc1cnc(N2CCN(C(=O)OC3CC4(C3)CN(Cc3ccccc3)C4)CC2)nc1. The van der Waals surface area contributed by atoms with Gasteiger partial charge in [0.15, 0.2) is 0 Å². The number of carbonyl (C=O) groups is 1. The van der Waals surface area contributed by atoms with E-state index in [-0.39, 0.29) is 12.2 Å². The van der Waals surface area contributed by atoms with Gasteiger partial charge in [-0.05, 0) is 30.9 Å². The molecule has 0 N–H and O–H groups in total. The minimum absolute atomic E-state index is 0.0786. The number of ether oxygens (including phenoxy) is 1. The first-order valence-electron chi connectivity index (χ1n) is 10.8. The third-order valence-corrected chi connectivity index (χ3v) is 6.54. The molecule has 2 aromatic rings. The second kappa shape index (κ2) is 7.87. The van der Waals surface area contributed by atoms with Crippen LogP contribution >= 0.6 is 0 Å². The molecule has 2 aliphatic heterocycles. The van der Waals surface area contributed by atoms with Crippen LogP contribution in [0.2, 0.25) is 0 Å². The van der Waals surface area contributed by atoms with E-state index in [0.717, 1.165) is 57.1 Å². The fourth-order valence-corrected chi connectivity index (χ4v) is 4.96. The molecule has 2 saturated heterocycles. The summed E-state index contributed by atoms with van der Waals surface area (Å²) in [5.74, 6) is 0.736. The van der Waals surface area contributed by atoms with Crippen LogP contribution in [0, 0.1) is 12.3 Å². The molecule has 3 aliphatic rings. The average molecular weight is 408 g/mol. The van der Waals surface area contributed by atoms with Crippen molar-refractivity contribution in [2.45, 2.75) is 32.4 Å². The first-order valence-corrected chi connectivity index (χ1v) is 10.8. The number of amides is 1. The normalized spacial score (nSPS) is 21.2. The quantitative estimate of drug-likeness (QED) is 0.777. The Hall–Kier alpha value is -2.67. The molecule has 7 heteroatoms. The van der Waals surface area contributed by atoms with Gasteiger partial charge in [-0.25, -0.2) is 14.8 Å². The zero-order chi connectivity index (χ0) is 20.6. The Morgan fingerprint density at radius 1 is 1.07 bits per heavy atom. The molecule has 0 bridgehead atoms. The summed E-state index contributed by atoms with van der Waals surface area (Å²) in [5, 5.41) is 0. The van der Waals surface area contributed by atoms with Crippen LogP contribution in [0.4, 0.5) is 10.7 Å². The summed E-state index contributed by atoms with van der Waals surface area (Å²) in [4.78, 5) is 27.7. The Kier molecular flexibility index (Phi) is 5.06. The summed E-state index contributed by atoms with van der Waals surface area (Å²) in [6, 6.07) is 10.6. The van der Waals surface area contributed by atoms with Crippen molar-refractivity contribution < 1.29 is 9.53 Å². The van der Waals surface area contributed by atoms with E-state index in [2.05, 4.69) is 50.1 Å². The summed E-state index contributed by atoms with van der Waals surface area (Å²) >= 11 is 0. The molecular weight excluding hydrogens is 378 g/mol. The summed E-state index contributed by atoms with van der Waals surface area (Å²) < 4.78 is 5.79. The van der Waals surface area contributed by atoms with Crippen molar-refractivity contribution in [2.75, 3.05) is 44.2 Å². The van der Waals surface area contributed by atoms with Crippen molar-refractivity contribution in [1.82, 2.24) is 19.8 Å². The van der Waals surface area contributed by atoms with Crippen LogP contribution in [0.5, 0.6) is 0 Å². The first-order chi connectivity index (χ1) is 14.6. The van der Waals surface area contributed by atoms with E-state index in [1.54, 1.807) is 0 Å². The number of carbonyl (C=O) groups excluding carboxylic acids is 1. The van der Waals surface area contributed by atoms with Crippen LogP contribution < -0.4 is 4.90 Å². The van der Waals surface area contributed by atoms with Gasteiger partial charge in [0.1, 0.15) is 6.10 Å². The lowest BCUT2D eigenvalue weighted by atomic mass is 9.61. The fraction of sp³-hybridized carbons (Fsp3) is 0.522. The Bertz CT molecular complexity index is 866. The monoisotopic (exact) mass is 407 g/mol. The van der Waals surface area contributed by atoms with Crippen LogP contribution in [0.1, 0.15) is 24.0 Å². The lowest BCUT2D eigenvalue weighted by Crippen LogP contribution is -2.64. The average Bonchev–Trinajstić information content (AvgIpc) is 2.72. The number of anilines is 1. The molecule has 3 heterocycles. The minimum atomic E-state index is -0.167. The third kappa shape index (κ3) is 3.99. The number of aryl methyl sites for hydroxylation is 1. The third-order valence-electron chi connectivity index (χ3n) is 6.54. The number of piperazine rings is 1.